The van der Waals surface area contributed by atoms with Gasteiger partial charge in [0.05, 0.1) is 15.5 Å². The molecular weight excluding hydrogens is 644 g/mol. The second-order valence-corrected chi connectivity index (χ2v) is 13.4. The molecule has 222 valence electrons. The third kappa shape index (κ3) is 6.68. The molecule has 2 aromatic heterocycles. The number of rotatable bonds is 7. The first-order valence-corrected chi connectivity index (χ1v) is 15.5. The van der Waals surface area contributed by atoms with Crippen molar-refractivity contribution in [2.75, 3.05) is 13.1 Å². The second-order valence-electron chi connectivity index (χ2n) is 11.1. The van der Waals surface area contributed by atoms with Crippen LogP contribution in [0.3, 0.4) is 0 Å². The molecule has 0 aliphatic carbocycles. The highest BCUT2D eigenvalue weighted by Gasteiger charge is 2.28. The molecule has 1 saturated heterocycles. The Hall–Kier alpha value is -3.28. The maximum Gasteiger partial charge on any atom is 0.410 e. The predicted molar refractivity (Wildman–Crippen MR) is 167 cm³/mol. The molecule has 0 radical (unpaired) electrons. The summed E-state index contributed by atoms with van der Waals surface area (Å²) in [6, 6.07) is 13.0. The Morgan fingerprint density at radius 2 is 1.86 bits per heavy atom. The van der Waals surface area contributed by atoms with E-state index in [2.05, 4.69) is 20.9 Å². The van der Waals surface area contributed by atoms with Gasteiger partial charge in [0.2, 0.25) is 0 Å². The number of halogens is 2. The molecule has 2 amide bonds. The fraction of sp³-hybridized carbons (Fsp3) is 0.367. The molecule has 4 aromatic rings. The van der Waals surface area contributed by atoms with Crippen LogP contribution in [-0.2, 0) is 4.74 Å². The van der Waals surface area contributed by atoms with E-state index in [-0.39, 0.29) is 12.2 Å². The Kier molecular flexibility index (Phi) is 8.73. The zero-order chi connectivity index (χ0) is 30.2. The van der Waals surface area contributed by atoms with Gasteiger partial charge in [0, 0.05) is 48.6 Å². The molecule has 0 saturated carbocycles. The van der Waals surface area contributed by atoms with Crippen LogP contribution in [0.1, 0.15) is 61.9 Å². The lowest BCUT2D eigenvalue weighted by atomic mass is 10.1. The van der Waals surface area contributed by atoms with Gasteiger partial charge in [-0.25, -0.2) is 9.78 Å². The minimum absolute atomic E-state index is 0.0664. The molecule has 42 heavy (non-hydrogen) atoms. The van der Waals surface area contributed by atoms with Gasteiger partial charge in [0.25, 0.3) is 5.91 Å². The van der Waals surface area contributed by atoms with E-state index in [0.717, 1.165) is 21.1 Å². The SMILES string of the molecule is C[C@@H](Oc1cc(-n2cnc3cc(Br)c(OC4CCN(C(=O)OC(C)(C)C)CC4)cc32)sc1C(N)=O)c1ccccc1Cl. The number of fused-ring (bicyclic) bond motifs is 1. The summed E-state index contributed by atoms with van der Waals surface area (Å²) in [5.41, 5.74) is 7.54. The van der Waals surface area contributed by atoms with Crippen molar-refractivity contribution in [3.8, 4) is 16.5 Å². The van der Waals surface area contributed by atoms with Crippen molar-refractivity contribution in [2.24, 2.45) is 5.73 Å². The highest BCUT2D eigenvalue weighted by molar-refractivity contribution is 9.10. The van der Waals surface area contributed by atoms with Gasteiger partial charge >= 0.3 is 6.09 Å². The molecule has 0 spiro atoms. The zero-order valence-electron chi connectivity index (χ0n) is 23.7. The normalized spacial score (nSPS) is 15.0. The largest absolute Gasteiger partial charge is 0.489 e. The smallest absolute Gasteiger partial charge is 0.410 e. The molecule has 1 aliphatic rings. The van der Waals surface area contributed by atoms with Crippen molar-refractivity contribution in [1.82, 2.24) is 14.5 Å². The van der Waals surface area contributed by atoms with Crippen LogP contribution in [0.4, 0.5) is 4.79 Å². The highest BCUT2D eigenvalue weighted by Crippen LogP contribution is 2.39. The zero-order valence-corrected chi connectivity index (χ0v) is 26.9. The summed E-state index contributed by atoms with van der Waals surface area (Å²) < 4.78 is 20.7. The molecule has 1 atom stereocenters. The van der Waals surface area contributed by atoms with Gasteiger partial charge in [-0.1, -0.05) is 29.8 Å². The van der Waals surface area contributed by atoms with Crippen LogP contribution in [0.15, 0.2) is 53.3 Å². The topological polar surface area (TPSA) is 109 Å². The van der Waals surface area contributed by atoms with E-state index < -0.39 is 17.6 Å². The summed E-state index contributed by atoms with van der Waals surface area (Å²) in [5.74, 6) is 0.457. The number of ether oxygens (including phenoxy) is 3. The summed E-state index contributed by atoms with van der Waals surface area (Å²) in [5, 5.41) is 1.29. The molecule has 2 aromatic carbocycles. The number of imidazole rings is 1. The molecule has 12 heteroatoms. The maximum absolute atomic E-state index is 12.4. The minimum Gasteiger partial charge on any atom is -0.489 e. The van der Waals surface area contributed by atoms with Crippen LogP contribution in [-0.4, -0.2) is 51.2 Å². The molecule has 5 rings (SSSR count). The average Bonchev–Trinajstić information content (AvgIpc) is 3.52. The van der Waals surface area contributed by atoms with E-state index in [1.165, 1.54) is 11.3 Å². The molecule has 0 bridgehead atoms. The standard InChI is InChI=1S/C30H32BrClN4O5S/c1-17(19-7-5-6-8-21(19)32)39-25-15-26(42-27(25)28(33)37)36-16-34-22-13-20(31)24(14-23(22)36)40-18-9-11-35(12-10-18)29(38)41-30(2,3)4/h5-8,13-18H,9-12H2,1-4H3,(H2,33,37)/t17-/m1/s1. The molecule has 9 nitrogen and oxygen atoms in total. The average molecular weight is 676 g/mol. The third-order valence-electron chi connectivity index (χ3n) is 6.78. The van der Waals surface area contributed by atoms with E-state index in [9.17, 15) is 9.59 Å². The van der Waals surface area contributed by atoms with Gasteiger partial charge in [0.15, 0.2) is 0 Å². The summed E-state index contributed by atoms with van der Waals surface area (Å²) in [7, 11) is 0. The van der Waals surface area contributed by atoms with Crippen LogP contribution < -0.4 is 15.2 Å². The number of amides is 2. The molecule has 2 N–H and O–H groups in total. The van der Waals surface area contributed by atoms with Crippen LogP contribution in [0.5, 0.6) is 11.5 Å². The van der Waals surface area contributed by atoms with E-state index in [1.54, 1.807) is 23.4 Å². The number of benzene rings is 2. The number of aromatic nitrogens is 2. The maximum atomic E-state index is 12.4. The van der Waals surface area contributed by atoms with Crippen molar-refractivity contribution in [1.29, 1.82) is 0 Å². The predicted octanol–water partition coefficient (Wildman–Crippen LogP) is 7.52. The van der Waals surface area contributed by atoms with E-state index in [0.29, 0.717) is 52.3 Å². The Morgan fingerprint density at radius 1 is 1.14 bits per heavy atom. The number of hydrogen-bond acceptors (Lipinski definition) is 7. The number of nitrogens with two attached hydrogens (primary N) is 1. The quantitative estimate of drug-likeness (QED) is 0.217. The minimum atomic E-state index is -0.582. The lowest BCUT2D eigenvalue weighted by molar-refractivity contribution is 0.0126. The Morgan fingerprint density at radius 3 is 2.52 bits per heavy atom. The number of piperidine rings is 1. The summed E-state index contributed by atoms with van der Waals surface area (Å²) in [6.07, 6.45) is 2.28. The number of primary amides is 1. The summed E-state index contributed by atoms with van der Waals surface area (Å²) in [6.45, 7) is 8.56. The Labute approximate surface area is 261 Å². The lowest BCUT2D eigenvalue weighted by Crippen LogP contribution is -2.44. The van der Waals surface area contributed by atoms with Crippen molar-refractivity contribution < 1.29 is 23.8 Å². The molecule has 0 unspecified atom stereocenters. The van der Waals surface area contributed by atoms with Gasteiger partial charge < -0.3 is 24.8 Å². The lowest BCUT2D eigenvalue weighted by Gasteiger charge is -2.33. The van der Waals surface area contributed by atoms with Gasteiger partial charge in [0.1, 0.15) is 45.5 Å². The van der Waals surface area contributed by atoms with E-state index in [4.69, 9.17) is 31.5 Å². The van der Waals surface area contributed by atoms with Crippen molar-refractivity contribution in [2.45, 2.75) is 58.3 Å². The van der Waals surface area contributed by atoms with Crippen LogP contribution in [0, 0.1) is 0 Å². The van der Waals surface area contributed by atoms with Crippen molar-refractivity contribution in [3.05, 3.63) is 68.7 Å². The fourth-order valence-corrected chi connectivity index (χ4v) is 6.38. The number of hydrogen-bond donors (Lipinski definition) is 1. The van der Waals surface area contributed by atoms with Gasteiger partial charge in [-0.15, -0.1) is 11.3 Å². The van der Waals surface area contributed by atoms with Gasteiger partial charge in [-0.05, 0) is 55.8 Å². The first kappa shape index (κ1) is 30.2. The summed E-state index contributed by atoms with van der Waals surface area (Å²) in [4.78, 5) is 31.4. The monoisotopic (exact) mass is 674 g/mol. The van der Waals surface area contributed by atoms with Gasteiger partial charge in [-0.2, -0.15) is 0 Å². The Balaban J connectivity index is 1.36. The van der Waals surface area contributed by atoms with Crippen LogP contribution in [0.25, 0.3) is 16.0 Å². The van der Waals surface area contributed by atoms with Gasteiger partial charge in [-0.3, -0.25) is 9.36 Å². The number of carbonyl (C=O) groups excluding carboxylic acids is 2. The molecule has 1 fully saturated rings. The fourth-order valence-electron chi connectivity index (χ4n) is 4.74. The summed E-state index contributed by atoms with van der Waals surface area (Å²) >= 11 is 11.2. The van der Waals surface area contributed by atoms with Crippen LogP contribution in [0.2, 0.25) is 5.02 Å². The van der Waals surface area contributed by atoms with Crippen LogP contribution >= 0.6 is 38.9 Å². The number of thiophene rings is 1. The highest BCUT2D eigenvalue weighted by atomic mass is 79.9. The first-order valence-electron chi connectivity index (χ1n) is 13.6. The second kappa shape index (κ2) is 12.1. The molecule has 1 aliphatic heterocycles. The molecule has 3 heterocycles. The van der Waals surface area contributed by atoms with E-state index >= 15 is 0 Å². The number of carbonyl (C=O) groups is 2. The first-order chi connectivity index (χ1) is 19.9. The number of nitrogens with zero attached hydrogens (tertiary/aromatic N) is 3. The van der Waals surface area contributed by atoms with E-state index in [1.807, 2.05) is 62.6 Å². The Bertz CT molecular complexity index is 1620. The third-order valence-corrected chi connectivity index (χ3v) is 8.88. The number of likely N-dealkylation sites (tertiary alicyclic amines) is 1. The van der Waals surface area contributed by atoms with Crippen molar-refractivity contribution in [3.63, 3.8) is 0 Å². The van der Waals surface area contributed by atoms with Crippen molar-refractivity contribution >= 4 is 61.9 Å². The molecular formula is C30H32BrClN4O5S.